The third kappa shape index (κ3) is 3.94. The van der Waals surface area contributed by atoms with Crippen LogP contribution in [0.3, 0.4) is 0 Å². The average Bonchev–Trinajstić information content (AvgIpc) is 3.67. The van der Waals surface area contributed by atoms with Gasteiger partial charge in [-0.3, -0.25) is 14.0 Å². The highest BCUT2D eigenvalue weighted by Gasteiger charge is 2.35. The lowest BCUT2D eigenvalue weighted by molar-refractivity contribution is 0.0930. The molecule has 1 aliphatic carbocycles. The Morgan fingerprint density at radius 1 is 1.00 bits per heavy atom. The largest absolute Gasteiger partial charge is 0.345 e. The SMILES string of the molecule is CS(=O)c1c(-c2ccccc2)nc2ccccc2c1C(=O)N[C@H](c1ccncc1)C1CC1. The standard InChI is InChI=1S/C26H23N3O2S/c1-32(31)25-22(26(30)29-23(18-11-12-18)19-13-15-27-16-14-19)20-9-5-6-10-21(20)28-24(25)17-7-3-2-4-8-17/h2-10,13-16,18,23H,11-12H2,1H3,(H,29,30)/t23-,32?/m0/s1. The van der Waals surface area contributed by atoms with E-state index >= 15 is 0 Å². The van der Waals surface area contributed by atoms with Crippen molar-refractivity contribution in [3.05, 3.63) is 90.3 Å². The molecule has 2 atom stereocenters. The number of nitrogens with zero attached hydrogens (tertiary/aromatic N) is 2. The van der Waals surface area contributed by atoms with Gasteiger partial charge >= 0.3 is 0 Å². The van der Waals surface area contributed by atoms with Crippen molar-refractivity contribution in [3.8, 4) is 11.3 Å². The molecule has 160 valence electrons. The first-order valence-corrected chi connectivity index (χ1v) is 12.2. The molecule has 2 heterocycles. The van der Waals surface area contributed by atoms with Crippen molar-refractivity contribution in [2.45, 2.75) is 23.8 Å². The Labute approximate surface area is 189 Å². The van der Waals surface area contributed by atoms with Gasteiger partial charge in [-0.25, -0.2) is 4.98 Å². The number of benzene rings is 2. The van der Waals surface area contributed by atoms with E-state index in [1.165, 1.54) is 0 Å². The molecule has 1 aliphatic rings. The van der Waals surface area contributed by atoms with Crippen LogP contribution in [0.5, 0.6) is 0 Å². The summed E-state index contributed by atoms with van der Waals surface area (Å²) >= 11 is 0. The number of aromatic nitrogens is 2. The first-order valence-electron chi connectivity index (χ1n) is 10.7. The molecule has 32 heavy (non-hydrogen) atoms. The average molecular weight is 442 g/mol. The van der Waals surface area contributed by atoms with Crippen molar-refractivity contribution >= 4 is 27.6 Å². The van der Waals surface area contributed by atoms with E-state index < -0.39 is 10.8 Å². The molecule has 1 N–H and O–H groups in total. The Bertz CT molecular complexity index is 1300. The zero-order valence-electron chi connectivity index (χ0n) is 17.7. The van der Waals surface area contributed by atoms with Gasteiger partial charge in [0.05, 0.1) is 38.5 Å². The van der Waals surface area contributed by atoms with E-state index in [1.54, 1.807) is 18.6 Å². The summed E-state index contributed by atoms with van der Waals surface area (Å²) in [6.45, 7) is 0. The summed E-state index contributed by atoms with van der Waals surface area (Å²) < 4.78 is 13.0. The van der Waals surface area contributed by atoms with Crippen LogP contribution >= 0.6 is 0 Å². The van der Waals surface area contributed by atoms with Crippen molar-refractivity contribution in [2.24, 2.45) is 5.92 Å². The molecule has 6 heteroatoms. The number of rotatable bonds is 6. The summed E-state index contributed by atoms with van der Waals surface area (Å²) in [5, 5.41) is 3.96. The predicted octanol–water partition coefficient (Wildman–Crippen LogP) is 4.92. The fraction of sp³-hybridized carbons (Fsp3) is 0.192. The Morgan fingerprint density at radius 2 is 1.69 bits per heavy atom. The van der Waals surface area contributed by atoms with Crippen LogP contribution in [0.1, 0.15) is 34.8 Å². The molecule has 1 amide bonds. The molecule has 0 spiro atoms. The Hall–Kier alpha value is -3.38. The zero-order valence-corrected chi connectivity index (χ0v) is 18.5. The van der Waals surface area contributed by atoms with Gasteiger partial charge in [0.1, 0.15) is 0 Å². The molecule has 0 aliphatic heterocycles. The number of fused-ring (bicyclic) bond motifs is 1. The van der Waals surface area contributed by atoms with Crippen molar-refractivity contribution in [3.63, 3.8) is 0 Å². The summed E-state index contributed by atoms with van der Waals surface area (Å²) in [5.41, 5.74) is 3.61. The topological polar surface area (TPSA) is 72.0 Å². The van der Waals surface area contributed by atoms with Gasteiger partial charge in [-0.1, -0.05) is 48.5 Å². The number of hydrogen-bond acceptors (Lipinski definition) is 4. The normalized spacial score (nSPS) is 15.3. The third-order valence-corrected chi connectivity index (χ3v) is 6.83. The summed E-state index contributed by atoms with van der Waals surface area (Å²) in [5.74, 6) is 0.179. The number of hydrogen-bond donors (Lipinski definition) is 1. The minimum Gasteiger partial charge on any atom is -0.345 e. The number of pyridine rings is 2. The predicted molar refractivity (Wildman–Crippen MR) is 127 cm³/mol. The van der Waals surface area contributed by atoms with Crippen LogP contribution in [-0.4, -0.2) is 26.3 Å². The van der Waals surface area contributed by atoms with Gasteiger partial charge in [-0.05, 0) is 42.5 Å². The minimum atomic E-state index is -1.42. The number of nitrogens with one attached hydrogen (secondary N) is 1. The smallest absolute Gasteiger partial charge is 0.253 e. The highest BCUT2D eigenvalue weighted by Crippen LogP contribution is 2.41. The second kappa shape index (κ2) is 8.63. The van der Waals surface area contributed by atoms with Crippen LogP contribution in [0.25, 0.3) is 22.2 Å². The van der Waals surface area contributed by atoms with E-state index in [9.17, 15) is 9.00 Å². The summed E-state index contributed by atoms with van der Waals surface area (Å²) in [6.07, 6.45) is 7.26. The number of amides is 1. The van der Waals surface area contributed by atoms with Crippen LogP contribution in [-0.2, 0) is 10.8 Å². The van der Waals surface area contributed by atoms with E-state index in [0.717, 1.165) is 24.0 Å². The van der Waals surface area contributed by atoms with Gasteiger partial charge in [0.25, 0.3) is 5.91 Å². The fourth-order valence-electron chi connectivity index (χ4n) is 4.18. The highest BCUT2D eigenvalue weighted by atomic mass is 32.2. The van der Waals surface area contributed by atoms with E-state index in [0.29, 0.717) is 33.0 Å². The molecule has 0 radical (unpaired) electrons. The molecule has 1 fully saturated rings. The second-order valence-electron chi connectivity index (χ2n) is 8.07. The molecule has 1 unspecified atom stereocenters. The van der Waals surface area contributed by atoms with Crippen LogP contribution in [0.4, 0.5) is 0 Å². The molecule has 1 saturated carbocycles. The van der Waals surface area contributed by atoms with Gasteiger partial charge < -0.3 is 5.32 Å². The Morgan fingerprint density at radius 3 is 2.38 bits per heavy atom. The number of carbonyl (C=O) groups is 1. The molecule has 5 rings (SSSR count). The van der Waals surface area contributed by atoms with Crippen LogP contribution in [0.2, 0.25) is 0 Å². The molecule has 2 aromatic heterocycles. The second-order valence-corrected chi connectivity index (χ2v) is 9.39. The van der Waals surface area contributed by atoms with Gasteiger partial charge in [0.15, 0.2) is 0 Å². The van der Waals surface area contributed by atoms with Gasteiger partial charge in [0, 0.05) is 29.6 Å². The first kappa shape index (κ1) is 20.5. The number of carbonyl (C=O) groups excluding carboxylic acids is 1. The molecule has 5 nitrogen and oxygen atoms in total. The van der Waals surface area contributed by atoms with Gasteiger partial charge in [-0.2, -0.15) is 0 Å². The maximum absolute atomic E-state index is 13.8. The summed E-state index contributed by atoms with van der Waals surface area (Å²) in [4.78, 5) is 23.2. The van der Waals surface area contributed by atoms with Crippen LogP contribution in [0, 0.1) is 5.92 Å². The van der Waals surface area contributed by atoms with Gasteiger partial charge in [-0.15, -0.1) is 0 Å². The molecule has 4 aromatic rings. The lowest BCUT2D eigenvalue weighted by atomic mass is 10.0. The van der Waals surface area contributed by atoms with Gasteiger partial charge in [0.2, 0.25) is 0 Å². The van der Waals surface area contributed by atoms with E-state index in [4.69, 9.17) is 4.98 Å². The van der Waals surface area contributed by atoms with Crippen LogP contribution in [0.15, 0.2) is 84.0 Å². The number of para-hydroxylation sites is 1. The van der Waals surface area contributed by atoms with Crippen molar-refractivity contribution in [1.82, 2.24) is 15.3 Å². The zero-order chi connectivity index (χ0) is 22.1. The Kier molecular flexibility index (Phi) is 5.53. The molecular weight excluding hydrogens is 418 g/mol. The van der Waals surface area contributed by atoms with Crippen molar-refractivity contribution in [1.29, 1.82) is 0 Å². The monoisotopic (exact) mass is 441 g/mol. The van der Waals surface area contributed by atoms with E-state index in [-0.39, 0.29) is 11.9 Å². The first-order chi connectivity index (χ1) is 15.6. The Balaban J connectivity index is 1.67. The maximum Gasteiger partial charge on any atom is 0.253 e. The molecule has 0 bridgehead atoms. The quantitative estimate of drug-likeness (QED) is 0.461. The lowest BCUT2D eigenvalue weighted by Gasteiger charge is -2.21. The highest BCUT2D eigenvalue weighted by molar-refractivity contribution is 7.84. The lowest BCUT2D eigenvalue weighted by Crippen LogP contribution is -2.31. The molecule has 0 saturated heterocycles. The maximum atomic E-state index is 13.8. The van der Waals surface area contributed by atoms with Crippen molar-refractivity contribution < 1.29 is 9.00 Å². The minimum absolute atomic E-state index is 0.101. The van der Waals surface area contributed by atoms with E-state index in [2.05, 4.69) is 10.3 Å². The van der Waals surface area contributed by atoms with E-state index in [1.807, 2.05) is 66.7 Å². The fourth-order valence-corrected chi connectivity index (χ4v) is 5.10. The van der Waals surface area contributed by atoms with Crippen LogP contribution < -0.4 is 5.32 Å². The summed E-state index contributed by atoms with van der Waals surface area (Å²) in [6, 6.07) is 21.0. The molecule has 2 aromatic carbocycles. The summed E-state index contributed by atoms with van der Waals surface area (Å²) in [7, 11) is -1.42. The third-order valence-electron chi connectivity index (χ3n) is 5.85. The van der Waals surface area contributed by atoms with Crippen molar-refractivity contribution in [2.75, 3.05) is 6.26 Å². The molecular formula is C26H23N3O2S.